The highest BCUT2D eigenvalue weighted by atomic mass is 35.5. The van der Waals surface area contributed by atoms with E-state index < -0.39 is 16.0 Å². The highest BCUT2D eigenvalue weighted by molar-refractivity contribution is 7.87. The summed E-state index contributed by atoms with van der Waals surface area (Å²) in [5.74, 6) is 0.0607. The van der Waals surface area contributed by atoms with E-state index in [1.807, 2.05) is 6.07 Å². The van der Waals surface area contributed by atoms with Gasteiger partial charge < -0.3 is 19.0 Å². The van der Waals surface area contributed by atoms with Gasteiger partial charge in [0.15, 0.2) is 11.5 Å². The molecule has 3 rings (SSSR count). The van der Waals surface area contributed by atoms with E-state index in [0.717, 1.165) is 0 Å². The Morgan fingerprint density at radius 3 is 2.32 bits per heavy atom. The lowest BCUT2D eigenvalue weighted by atomic mass is 10.0. The van der Waals surface area contributed by atoms with Crippen LogP contribution in [0.1, 0.15) is 11.1 Å². The van der Waals surface area contributed by atoms with Crippen LogP contribution in [0.15, 0.2) is 83.8 Å². The molecule has 1 amide bonds. The van der Waals surface area contributed by atoms with Crippen LogP contribution in [0, 0.1) is 11.3 Å². The number of ether oxygens (including phenoxy) is 2. The quantitative estimate of drug-likeness (QED) is 0.159. The number of allylic oxidation sites excluding steroid dienone is 1. The third-order valence-corrected chi connectivity index (χ3v) is 6.55. The summed E-state index contributed by atoms with van der Waals surface area (Å²) in [6.07, 6.45) is 3.15. The standard InChI is InChI=1S/C27H23ClN2O6S/c1-4-5-19-14-18(15-20(17-29)27(31)30-22-8-10-23(34-2)11-9-22)16-25(35-3)26(19)36-37(32,33)24-12-6-21(28)7-13-24/h4,6-16H,1,5H2,2-3H3,(H,30,31)/b20-15+. The number of carbonyl (C=O) groups excluding carboxylic acids is 1. The third-order valence-electron chi connectivity index (χ3n) is 5.06. The second-order valence-corrected chi connectivity index (χ2v) is 9.53. The Morgan fingerprint density at radius 1 is 1.08 bits per heavy atom. The van der Waals surface area contributed by atoms with Crippen molar-refractivity contribution in [1.29, 1.82) is 5.26 Å². The van der Waals surface area contributed by atoms with E-state index in [1.165, 1.54) is 50.6 Å². The first-order valence-corrected chi connectivity index (χ1v) is 12.6. The fourth-order valence-electron chi connectivity index (χ4n) is 3.27. The van der Waals surface area contributed by atoms with Gasteiger partial charge in [-0.3, -0.25) is 4.79 Å². The largest absolute Gasteiger partial charge is 0.497 e. The molecule has 0 bridgehead atoms. The maximum Gasteiger partial charge on any atom is 0.339 e. The van der Waals surface area contributed by atoms with Crippen molar-refractivity contribution in [3.8, 4) is 23.3 Å². The summed E-state index contributed by atoms with van der Waals surface area (Å²) >= 11 is 5.86. The monoisotopic (exact) mass is 538 g/mol. The van der Waals surface area contributed by atoms with Crippen molar-refractivity contribution in [3.63, 3.8) is 0 Å². The van der Waals surface area contributed by atoms with E-state index in [2.05, 4.69) is 11.9 Å². The molecule has 8 nitrogen and oxygen atoms in total. The molecular formula is C27H23ClN2O6S. The molecule has 37 heavy (non-hydrogen) atoms. The fourth-order valence-corrected chi connectivity index (χ4v) is 4.37. The Labute approximate surface area is 220 Å². The molecule has 0 radical (unpaired) electrons. The van der Waals surface area contributed by atoms with Crippen LogP contribution in [0.5, 0.6) is 17.2 Å². The molecule has 3 aromatic carbocycles. The van der Waals surface area contributed by atoms with E-state index >= 15 is 0 Å². The molecule has 0 spiro atoms. The predicted molar refractivity (Wildman–Crippen MR) is 141 cm³/mol. The lowest BCUT2D eigenvalue weighted by Crippen LogP contribution is -2.13. The molecule has 0 atom stereocenters. The number of rotatable bonds is 10. The van der Waals surface area contributed by atoms with Crippen LogP contribution < -0.4 is 19.0 Å². The molecule has 0 aliphatic heterocycles. The van der Waals surface area contributed by atoms with Gasteiger partial charge in [0.2, 0.25) is 0 Å². The van der Waals surface area contributed by atoms with Gasteiger partial charge >= 0.3 is 10.1 Å². The molecule has 1 N–H and O–H groups in total. The van der Waals surface area contributed by atoms with Crippen molar-refractivity contribution < 1.29 is 26.9 Å². The number of nitriles is 1. The summed E-state index contributed by atoms with van der Waals surface area (Å²) in [4.78, 5) is 12.6. The molecule has 0 saturated carbocycles. The SMILES string of the molecule is C=CCc1cc(/C=C(\C#N)C(=O)Nc2ccc(OC)cc2)cc(OC)c1OS(=O)(=O)c1ccc(Cl)cc1. The average Bonchev–Trinajstić information content (AvgIpc) is 2.89. The predicted octanol–water partition coefficient (Wildman–Crippen LogP) is 5.40. The first-order chi connectivity index (χ1) is 17.7. The number of carbonyl (C=O) groups is 1. The lowest BCUT2D eigenvalue weighted by molar-refractivity contribution is -0.112. The van der Waals surface area contributed by atoms with Crippen LogP contribution in [0.4, 0.5) is 5.69 Å². The Morgan fingerprint density at radius 2 is 1.76 bits per heavy atom. The normalized spacial score (nSPS) is 11.2. The molecule has 0 aromatic heterocycles. The van der Waals surface area contributed by atoms with Gasteiger partial charge in [-0.05, 0) is 78.7 Å². The van der Waals surface area contributed by atoms with Gasteiger partial charge in [0.1, 0.15) is 22.3 Å². The molecule has 0 unspecified atom stereocenters. The Bertz CT molecular complexity index is 1480. The molecule has 0 aliphatic carbocycles. The molecule has 0 heterocycles. The lowest BCUT2D eigenvalue weighted by Gasteiger charge is -2.16. The van der Waals surface area contributed by atoms with Crippen molar-refractivity contribution in [2.24, 2.45) is 0 Å². The zero-order valence-electron chi connectivity index (χ0n) is 20.0. The Balaban J connectivity index is 1.96. The number of halogens is 1. The highest BCUT2D eigenvalue weighted by Crippen LogP contribution is 2.36. The van der Waals surface area contributed by atoms with Crippen LogP contribution in [-0.2, 0) is 21.3 Å². The van der Waals surface area contributed by atoms with Crippen molar-refractivity contribution in [2.75, 3.05) is 19.5 Å². The van der Waals surface area contributed by atoms with Crippen LogP contribution in [-0.4, -0.2) is 28.5 Å². The number of amides is 1. The van der Waals surface area contributed by atoms with E-state index in [4.69, 9.17) is 25.3 Å². The summed E-state index contributed by atoms with van der Waals surface area (Å²) in [7, 11) is -1.33. The molecule has 190 valence electrons. The number of methoxy groups -OCH3 is 2. The Kier molecular flexibility index (Phi) is 8.95. The van der Waals surface area contributed by atoms with Crippen molar-refractivity contribution in [1.82, 2.24) is 0 Å². The van der Waals surface area contributed by atoms with E-state index in [1.54, 1.807) is 36.4 Å². The first-order valence-electron chi connectivity index (χ1n) is 10.8. The minimum absolute atomic E-state index is 0.0318. The van der Waals surface area contributed by atoms with Crippen LogP contribution >= 0.6 is 11.6 Å². The van der Waals surface area contributed by atoms with Gasteiger partial charge in [0, 0.05) is 16.3 Å². The number of hydrogen-bond acceptors (Lipinski definition) is 7. The molecule has 0 aliphatic rings. The summed E-state index contributed by atoms with van der Waals surface area (Å²) < 4.78 is 41.7. The Hall–Kier alpha value is -4.26. The number of anilines is 1. The second-order valence-electron chi connectivity index (χ2n) is 7.55. The van der Waals surface area contributed by atoms with E-state index in [0.29, 0.717) is 27.6 Å². The maximum atomic E-state index is 12.9. The van der Waals surface area contributed by atoms with Gasteiger partial charge in [-0.25, -0.2) is 0 Å². The van der Waals surface area contributed by atoms with Crippen LogP contribution in [0.25, 0.3) is 6.08 Å². The van der Waals surface area contributed by atoms with Crippen LogP contribution in [0.3, 0.4) is 0 Å². The molecule has 3 aromatic rings. The summed E-state index contributed by atoms with van der Waals surface area (Å²) in [6.45, 7) is 3.71. The zero-order chi connectivity index (χ0) is 27.0. The van der Waals surface area contributed by atoms with Gasteiger partial charge in [-0.1, -0.05) is 17.7 Å². The second kappa shape index (κ2) is 12.1. The smallest absolute Gasteiger partial charge is 0.339 e. The van der Waals surface area contributed by atoms with Crippen molar-refractivity contribution in [2.45, 2.75) is 11.3 Å². The third kappa shape index (κ3) is 6.91. The average molecular weight is 539 g/mol. The summed E-state index contributed by atoms with van der Waals surface area (Å²) in [6, 6.07) is 17.1. The van der Waals surface area contributed by atoms with Gasteiger partial charge in [0.05, 0.1) is 14.2 Å². The molecule has 0 saturated heterocycles. The van der Waals surface area contributed by atoms with Gasteiger partial charge in [-0.2, -0.15) is 13.7 Å². The van der Waals surface area contributed by atoms with Crippen molar-refractivity contribution in [3.05, 3.63) is 95.0 Å². The molecule has 10 heteroatoms. The zero-order valence-corrected chi connectivity index (χ0v) is 21.6. The fraction of sp³-hybridized carbons (Fsp3) is 0.111. The van der Waals surface area contributed by atoms with Gasteiger partial charge in [-0.15, -0.1) is 6.58 Å². The summed E-state index contributed by atoms with van der Waals surface area (Å²) in [5.41, 5.74) is 1.15. The maximum absolute atomic E-state index is 12.9. The number of nitrogens with one attached hydrogen (secondary N) is 1. The number of nitrogens with zero attached hydrogens (tertiary/aromatic N) is 1. The van der Waals surface area contributed by atoms with Gasteiger partial charge in [0.25, 0.3) is 5.91 Å². The minimum Gasteiger partial charge on any atom is -0.497 e. The minimum atomic E-state index is -4.21. The van der Waals surface area contributed by atoms with E-state index in [9.17, 15) is 18.5 Å². The molecular weight excluding hydrogens is 516 g/mol. The van der Waals surface area contributed by atoms with Crippen LogP contribution in [0.2, 0.25) is 5.02 Å². The first kappa shape index (κ1) is 27.3. The molecule has 0 fully saturated rings. The summed E-state index contributed by atoms with van der Waals surface area (Å²) in [5, 5.41) is 12.6. The highest BCUT2D eigenvalue weighted by Gasteiger charge is 2.22. The number of benzene rings is 3. The topological polar surface area (TPSA) is 115 Å². The van der Waals surface area contributed by atoms with Crippen molar-refractivity contribution >= 4 is 39.4 Å². The number of hydrogen-bond donors (Lipinski definition) is 1. The van der Waals surface area contributed by atoms with E-state index in [-0.39, 0.29) is 28.4 Å².